The predicted octanol–water partition coefficient (Wildman–Crippen LogP) is 4.68. The van der Waals surface area contributed by atoms with Crippen LogP contribution in [-0.4, -0.2) is 41.3 Å². The molecular weight excluding hydrogens is 474 g/mol. The van der Waals surface area contributed by atoms with Crippen molar-refractivity contribution in [1.29, 1.82) is 0 Å². The normalized spacial score (nSPS) is 19.3. The summed E-state index contributed by atoms with van der Waals surface area (Å²) in [6.45, 7) is 6.61. The second-order valence-corrected chi connectivity index (χ2v) is 12.3. The Balaban J connectivity index is 1.51. The number of amides is 1. The van der Waals surface area contributed by atoms with Gasteiger partial charge in [-0.25, -0.2) is 8.42 Å². The van der Waals surface area contributed by atoms with Crippen LogP contribution in [0.15, 0.2) is 47.5 Å². The second-order valence-electron chi connectivity index (χ2n) is 10.0. The second kappa shape index (κ2) is 11.1. The molecule has 1 fully saturated rings. The molecule has 2 aromatic heterocycles. The van der Waals surface area contributed by atoms with Crippen molar-refractivity contribution in [1.82, 2.24) is 14.9 Å². The number of fused-ring (bicyclic) bond motifs is 1. The highest BCUT2D eigenvalue weighted by atomic mass is 32.2. The van der Waals surface area contributed by atoms with Crippen LogP contribution in [0.1, 0.15) is 74.2 Å². The number of aryl methyl sites for hydroxylation is 1. The molecule has 2 N–H and O–H groups in total. The largest absolute Gasteiger partial charge is 0.394 e. The fourth-order valence-corrected chi connectivity index (χ4v) is 6.07. The fourth-order valence-electron chi connectivity index (χ4n) is 5.24. The molecule has 0 unspecified atom stereocenters. The number of aliphatic hydroxyl groups is 1. The molecule has 1 saturated carbocycles. The van der Waals surface area contributed by atoms with Crippen molar-refractivity contribution in [3.8, 4) is 0 Å². The lowest BCUT2D eigenvalue weighted by atomic mass is 9.81. The third-order valence-corrected chi connectivity index (χ3v) is 9.26. The van der Waals surface area contributed by atoms with Crippen LogP contribution in [0.2, 0.25) is 0 Å². The smallest absolute Gasteiger partial charge is 0.251 e. The predicted molar refractivity (Wildman–Crippen MR) is 142 cm³/mol. The van der Waals surface area contributed by atoms with E-state index in [1.54, 1.807) is 6.92 Å². The molecule has 1 aliphatic rings. The van der Waals surface area contributed by atoms with Crippen LogP contribution in [0, 0.1) is 11.8 Å². The molecule has 0 aliphatic heterocycles. The molecule has 1 aromatic carbocycles. The molecule has 7 nitrogen and oxygen atoms in total. The maximum atomic E-state index is 13.1. The summed E-state index contributed by atoms with van der Waals surface area (Å²) in [7, 11) is -3.36. The number of aromatic nitrogens is 2. The number of hydrogen-bond donors (Lipinski definition) is 2. The Kier molecular flexibility index (Phi) is 8.15. The van der Waals surface area contributed by atoms with Gasteiger partial charge in [-0.3, -0.25) is 9.78 Å². The highest BCUT2D eigenvalue weighted by Gasteiger charge is 2.22. The number of benzene rings is 1. The topological polar surface area (TPSA) is 101 Å². The first kappa shape index (κ1) is 26.4. The monoisotopic (exact) mass is 511 g/mol. The van der Waals surface area contributed by atoms with Crippen LogP contribution in [0.4, 0.5) is 0 Å². The summed E-state index contributed by atoms with van der Waals surface area (Å²) in [4.78, 5) is 17.4. The minimum atomic E-state index is -3.36. The average Bonchev–Trinajstić information content (AvgIpc) is 3.24. The third-order valence-electron chi connectivity index (χ3n) is 7.54. The summed E-state index contributed by atoms with van der Waals surface area (Å²) in [6.07, 6.45) is 7.51. The molecule has 4 rings (SSSR count). The summed E-state index contributed by atoms with van der Waals surface area (Å²) >= 11 is 0. The maximum Gasteiger partial charge on any atom is 0.251 e. The van der Waals surface area contributed by atoms with E-state index in [4.69, 9.17) is 0 Å². The summed E-state index contributed by atoms with van der Waals surface area (Å²) in [5, 5.41) is 13.8. The molecule has 36 heavy (non-hydrogen) atoms. The number of nitrogens with one attached hydrogen (secondary N) is 1. The Labute approximate surface area is 213 Å². The number of rotatable bonds is 9. The number of pyridine rings is 1. The van der Waals surface area contributed by atoms with E-state index < -0.39 is 15.9 Å². The molecule has 194 valence electrons. The minimum Gasteiger partial charge on any atom is -0.394 e. The lowest BCUT2D eigenvalue weighted by molar-refractivity contribution is 0.0915. The van der Waals surface area contributed by atoms with Crippen molar-refractivity contribution >= 4 is 26.6 Å². The first-order valence-electron chi connectivity index (χ1n) is 13.0. The summed E-state index contributed by atoms with van der Waals surface area (Å²) in [6, 6.07) is 10.2. The van der Waals surface area contributed by atoms with E-state index in [1.807, 2.05) is 18.2 Å². The summed E-state index contributed by atoms with van der Waals surface area (Å²) in [5.41, 5.74) is 3.37. The van der Waals surface area contributed by atoms with E-state index >= 15 is 0 Å². The number of carbonyl (C=O) groups excluding carboxylic acids is 1. The van der Waals surface area contributed by atoms with Crippen molar-refractivity contribution in [2.24, 2.45) is 11.8 Å². The number of aliphatic hydroxyl groups excluding tert-OH is 1. The van der Waals surface area contributed by atoms with E-state index in [2.05, 4.69) is 34.8 Å². The van der Waals surface area contributed by atoms with Gasteiger partial charge in [0.15, 0.2) is 9.84 Å². The molecule has 0 saturated heterocycles. The van der Waals surface area contributed by atoms with Crippen molar-refractivity contribution in [2.75, 3.05) is 12.4 Å². The number of hydrogen-bond acceptors (Lipinski definition) is 5. The third kappa shape index (κ3) is 5.65. The number of nitrogens with zero attached hydrogens (tertiary/aromatic N) is 2. The van der Waals surface area contributed by atoms with Crippen molar-refractivity contribution in [3.05, 3.63) is 59.5 Å². The van der Waals surface area contributed by atoms with Gasteiger partial charge in [-0.1, -0.05) is 26.7 Å². The van der Waals surface area contributed by atoms with Gasteiger partial charge in [0.05, 0.1) is 29.0 Å². The van der Waals surface area contributed by atoms with Crippen LogP contribution < -0.4 is 5.32 Å². The molecule has 3 aromatic rings. The molecule has 0 spiro atoms. The zero-order valence-corrected chi connectivity index (χ0v) is 22.2. The molecule has 2 heterocycles. The first-order chi connectivity index (χ1) is 17.2. The Hall–Kier alpha value is -2.71. The SMILES string of the molecule is CCn1c(C[C@H]2CC[C@@H](C)CC2)cc2cc(C(=O)N[C@@H](CO)c3ccc(S(=O)(=O)CC)cn3)ccc21. The first-order valence-corrected chi connectivity index (χ1v) is 14.6. The standard InChI is InChI=1S/C28H37N3O4S/c1-4-31-23(14-20-8-6-19(3)7-9-20)16-22-15-21(10-13-27(22)31)28(33)30-26(18-32)25-12-11-24(17-29-25)36(34,35)5-2/h10-13,15-17,19-20,26,32H,4-9,14,18H2,1-3H3,(H,30,33)/t19-,20+,26-/m0/s1. The van der Waals surface area contributed by atoms with E-state index in [0.717, 1.165) is 35.7 Å². The molecule has 1 aliphatic carbocycles. The molecule has 1 atom stereocenters. The number of carbonyl (C=O) groups is 1. The lowest BCUT2D eigenvalue weighted by Crippen LogP contribution is -2.31. The van der Waals surface area contributed by atoms with E-state index in [9.17, 15) is 18.3 Å². The van der Waals surface area contributed by atoms with E-state index in [0.29, 0.717) is 11.3 Å². The Morgan fingerprint density at radius 3 is 2.50 bits per heavy atom. The zero-order valence-electron chi connectivity index (χ0n) is 21.4. The van der Waals surface area contributed by atoms with E-state index in [1.165, 1.54) is 49.7 Å². The van der Waals surface area contributed by atoms with Gasteiger partial charge in [-0.05, 0) is 74.4 Å². The van der Waals surface area contributed by atoms with E-state index in [-0.39, 0.29) is 23.2 Å². The molecule has 0 radical (unpaired) electrons. The van der Waals surface area contributed by atoms with Crippen molar-refractivity contribution in [2.45, 2.75) is 70.4 Å². The Morgan fingerprint density at radius 1 is 1.14 bits per heavy atom. The van der Waals surface area contributed by atoms with Gasteiger partial charge >= 0.3 is 0 Å². The highest BCUT2D eigenvalue weighted by molar-refractivity contribution is 7.91. The highest BCUT2D eigenvalue weighted by Crippen LogP contribution is 2.32. The Bertz CT molecular complexity index is 1310. The van der Waals surface area contributed by atoms with Crippen LogP contribution in [0.25, 0.3) is 10.9 Å². The van der Waals surface area contributed by atoms with Crippen molar-refractivity contribution in [3.63, 3.8) is 0 Å². The van der Waals surface area contributed by atoms with Gasteiger partial charge in [0.2, 0.25) is 0 Å². The van der Waals surface area contributed by atoms with Crippen LogP contribution in [0.3, 0.4) is 0 Å². The average molecular weight is 512 g/mol. The molecule has 0 bridgehead atoms. The van der Waals surface area contributed by atoms with Crippen LogP contribution in [-0.2, 0) is 22.8 Å². The minimum absolute atomic E-state index is 0.0159. The van der Waals surface area contributed by atoms with Gasteiger partial charge in [-0.15, -0.1) is 0 Å². The number of sulfone groups is 1. The Morgan fingerprint density at radius 2 is 1.89 bits per heavy atom. The van der Waals surface area contributed by atoms with Gasteiger partial charge in [0.25, 0.3) is 5.91 Å². The molecule has 1 amide bonds. The van der Waals surface area contributed by atoms with Crippen LogP contribution in [0.5, 0.6) is 0 Å². The molecular formula is C28H37N3O4S. The summed E-state index contributed by atoms with van der Waals surface area (Å²) in [5.74, 6) is 1.22. The van der Waals surface area contributed by atoms with Gasteiger partial charge in [-0.2, -0.15) is 0 Å². The maximum absolute atomic E-state index is 13.1. The van der Waals surface area contributed by atoms with Gasteiger partial charge in [0.1, 0.15) is 0 Å². The van der Waals surface area contributed by atoms with Crippen molar-refractivity contribution < 1.29 is 18.3 Å². The van der Waals surface area contributed by atoms with Gasteiger partial charge in [0, 0.05) is 34.9 Å². The van der Waals surface area contributed by atoms with Crippen LogP contribution >= 0.6 is 0 Å². The fraction of sp³-hybridized carbons (Fsp3) is 0.500. The zero-order chi connectivity index (χ0) is 25.9. The molecule has 8 heteroatoms. The summed E-state index contributed by atoms with van der Waals surface area (Å²) < 4.78 is 26.4. The quantitative estimate of drug-likeness (QED) is 0.434. The lowest BCUT2D eigenvalue weighted by Gasteiger charge is -2.26. The van der Waals surface area contributed by atoms with Gasteiger partial charge < -0.3 is 15.0 Å².